The molecule has 1 unspecified atom stereocenters. The number of carbonyl (C=O) groups excluding carboxylic acids is 1. The number of hydrogen-bond donors (Lipinski definition) is 1. The monoisotopic (exact) mass is 306 g/mol. The van der Waals surface area contributed by atoms with Crippen molar-refractivity contribution in [3.8, 4) is 0 Å². The molecular weight excluding hydrogens is 281 g/mol. The summed E-state index contributed by atoms with van der Waals surface area (Å²) in [5, 5.41) is 0. The number of likely N-dealkylation sites (tertiary alicyclic amines) is 1. The van der Waals surface area contributed by atoms with Crippen LogP contribution in [0.2, 0.25) is 0 Å². The fourth-order valence-electron chi connectivity index (χ4n) is 3.43. The van der Waals surface area contributed by atoms with Crippen molar-refractivity contribution in [2.45, 2.75) is 63.6 Å². The minimum Gasteiger partial charge on any atom is -0.342 e. The molecule has 0 bridgehead atoms. The standard InChI is InChI=1S/C15H25F3N2O/c16-15(17,18)12-2-1-9-20(10-12)14(21)8-5-11-3-6-13(19)7-4-11/h11-13H,1-10,19H2. The van der Waals surface area contributed by atoms with Gasteiger partial charge in [-0.3, -0.25) is 4.79 Å². The Labute approximate surface area is 124 Å². The molecule has 1 amide bonds. The van der Waals surface area contributed by atoms with E-state index in [-0.39, 0.29) is 24.9 Å². The van der Waals surface area contributed by atoms with Crippen molar-refractivity contribution >= 4 is 5.91 Å². The summed E-state index contributed by atoms with van der Waals surface area (Å²) in [6.07, 6.45) is 1.67. The second-order valence-corrected chi connectivity index (χ2v) is 6.54. The molecule has 122 valence electrons. The van der Waals surface area contributed by atoms with Crippen LogP contribution in [-0.2, 0) is 4.79 Å². The highest BCUT2D eigenvalue weighted by atomic mass is 19.4. The quantitative estimate of drug-likeness (QED) is 0.871. The number of rotatable bonds is 3. The first-order chi connectivity index (χ1) is 9.86. The minimum absolute atomic E-state index is 0.112. The molecule has 0 spiro atoms. The SMILES string of the molecule is NC1CCC(CCC(=O)N2CCCC(C(F)(F)F)C2)CC1. The Morgan fingerprint density at radius 3 is 2.43 bits per heavy atom. The first kappa shape index (κ1) is 16.6. The van der Waals surface area contributed by atoms with Crippen LogP contribution in [0, 0.1) is 11.8 Å². The lowest BCUT2D eigenvalue weighted by molar-refractivity contribution is -0.188. The van der Waals surface area contributed by atoms with Crippen molar-refractivity contribution in [2.24, 2.45) is 17.6 Å². The lowest BCUT2D eigenvalue weighted by Gasteiger charge is -2.34. The Morgan fingerprint density at radius 1 is 1.14 bits per heavy atom. The average molecular weight is 306 g/mol. The molecule has 1 saturated carbocycles. The summed E-state index contributed by atoms with van der Waals surface area (Å²) in [7, 11) is 0. The van der Waals surface area contributed by atoms with Crippen LogP contribution < -0.4 is 5.73 Å². The first-order valence-corrected chi connectivity index (χ1v) is 7.96. The predicted molar refractivity (Wildman–Crippen MR) is 74.5 cm³/mol. The summed E-state index contributed by atoms with van der Waals surface area (Å²) in [5.41, 5.74) is 5.84. The molecule has 6 heteroatoms. The number of hydrogen-bond acceptors (Lipinski definition) is 2. The summed E-state index contributed by atoms with van der Waals surface area (Å²) >= 11 is 0. The molecule has 2 rings (SSSR count). The van der Waals surface area contributed by atoms with Gasteiger partial charge in [0.25, 0.3) is 0 Å². The van der Waals surface area contributed by atoms with Crippen LogP contribution in [0.3, 0.4) is 0 Å². The topological polar surface area (TPSA) is 46.3 Å². The molecule has 1 aliphatic heterocycles. The van der Waals surface area contributed by atoms with E-state index in [1.807, 2.05) is 0 Å². The number of halogens is 3. The maximum Gasteiger partial charge on any atom is 0.393 e. The summed E-state index contributed by atoms with van der Waals surface area (Å²) in [6, 6.07) is 0.284. The third-order valence-corrected chi connectivity index (χ3v) is 4.89. The zero-order valence-electron chi connectivity index (χ0n) is 12.4. The van der Waals surface area contributed by atoms with Crippen molar-refractivity contribution in [2.75, 3.05) is 13.1 Å². The van der Waals surface area contributed by atoms with Gasteiger partial charge in [-0.1, -0.05) is 0 Å². The molecule has 0 aromatic carbocycles. The van der Waals surface area contributed by atoms with E-state index in [4.69, 9.17) is 5.73 Å². The Bertz CT molecular complexity index is 351. The second kappa shape index (κ2) is 6.99. The van der Waals surface area contributed by atoms with Crippen LogP contribution in [0.1, 0.15) is 51.4 Å². The fraction of sp³-hybridized carbons (Fsp3) is 0.933. The summed E-state index contributed by atoms with van der Waals surface area (Å²) in [4.78, 5) is 13.5. The number of nitrogens with zero attached hydrogens (tertiary/aromatic N) is 1. The van der Waals surface area contributed by atoms with Crippen LogP contribution in [0.5, 0.6) is 0 Å². The molecule has 3 nitrogen and oxygen atoms in total. The number of carbonyl (C=O) groups is 1. The van der Waals surface area contributed by atoms with E-state index >= 15 is 0 Å². The van der Waals surface area contributed by atoms with E-state index < -0.39 is 12.1 Å². The van der Waals surface area contributed by atoms with Gasteiger partial charge in [-0.15, -0.1) is 0 Å². The maximum atomic E-state index is 12.7. The molecule has 1 aliphatic carbocycles. The van der Waals surface area contributed by atoms with Gasteiger partial charge in [-0.2, -0.15) is 13.2 Å². The zero-order chi connectivity index (χ0) is 15.5. The van der Waals surface area contributed by atoms with E-state index in [1.165, 1.54) is 4.90 Å². The van der Waals surface area contributed by atoms with Crippen molar-refractivity contribution in [3.05, 3.63) is 0 Å². The molecule has 21 heavy (non-hydrogen) atoms. The van der Waals surface area contributed by atoms with Crippen molar-refractivity contribution in [1.82, 2.24) is 4.90 Å². The number of piperidine rings is 1. The third kappa shape index (κ3) is 4.87. The van der Waals surface area contributed by atoms with E-state index in [1.54, 1.807) is 0 Å². The Morgan fingerprint density at radius 2 is 1.81 bits per heavy atom. The largest absolute Gasteiger partial charge is 0.393 e. The number of alkyl halides is 3. The molecule has 1 atom stereocenters. The van der Waals surface area contributed by atoms with Gasteiger partial charge in [0.1, 0.15) is 0 Å². The molecule has 0 aromatic rings. The van der Waals surface area contributed by atoms with Gasteiger partial charge in [-0.25, -0.2) is 0 Å². The van der Waals surface area contributed by atoms with Crippen molar-refractivity contribution in [3.63, 3.8) is 0 Å². The van der Waals surface area contributed by atoms with E-state index in [2.05, 4.69) is 0 Å². The van der Waals surface area contributed by atoms with E-state index in [0.717, 1.165) is 32.1 Å². The Hall–Kier alpha value is -0.780. The summed E-state index contributed by atoms with van der Waals surface area (Å²) < 4.78 is 38.2. The van der Waals surface area contributed by atoms with Gasteiger partial charge >= 0.3 is 6.18 Å². The second-order valence-electron chi connectivity index (χ2n) is 6.54. The molecule has 1 saturated heterocycles. The molecule has 2 fully saturated rings. The van der Waals surface area contributed by atoms with Crippen LogP contribution in [-0.4, -0.2) is 36.1 Å². The average Bonchev–Trinajstić information content (AvgIpc) is 2.45. The fourth-order valence-corrected chi connectivity index (χ4v) is 3.43. The van der Waals surface area contributed by atoms with Crippen LogP contribution >= 0.6 is 0 Å². The minimum atomic E-state index is -4.18. The van der Waals surface area contributed by atoms with E-state index in [9.17, 15) is 18.0 Å². The van der Waals surface area contributed by atoms with Gasteiger partial charge in [0.15, 0.2) is 0 Å². The third-order valence-electron chi connectivity index (χ3n) is 4.89. The van der Waals surface area contributed by atoms with Gasteiger partial charge < -0.3 is 10.6 Å². The van der Waals surface area contributed by atoms with E-state index in [0.29, 0.717) is 25.3 Å². The number of amides is 1. The summed E-state index contributed by atoms with van der Waals surface area (Å²) in [5.74, 6) is -0.946. The smallest absolute Gasteiger partial charge is 0.342 e. The molecule has 0 aromatic heterocycles. The summed E-state index contributed by atoms with van der Waals surface area (Å²) in [6.45, 7) is 0.318. The predicted octanol–water partition coefficient (Wildman–Crippen LogP) is 3.09. The Balaban J connectivity index is 1.75. The van der Waals surface area contributed by atoms with Gasteiger partial charge in [0.05, 0.1) is 5.92 Å². The van der Waals surface area contributed by atoms with Crippen molar-refractivity contribution < 1.29 is 18.0 Å². The van der Waals surface area contributed by atoms with Gasteiger partial charge in [-0.05, 0) is 50.9 Å². The lowest BCUT2D eigenvalue weighted by Crippen LogP contribution is -2.44. The van der Waals surface area contributed by atoms with Crippen LogP contribution in [0.25, 0.3) is 0 Å². The molecule has 1 heterocycles. The highest BCUT2D eigenvalue weighted by molar-refractivity contribution is 5.76. The highest BCUT2D eigenvalue weighted by Crippen LogP contribution is 2.33. The highest BCUT2D eigenvalue weighted by Gasteiger charge is 2.42. The van der Waals surface area contributed by atoms with Crippen LogP contribution in [0.4, 0.5) is 13.2 Å². The van der Waals surface area contributed by atoms with Gasteiger partial charge in [0.2, 0.25) is 5.91 Å². The molecule has 0 radical (unpaired) electrons. The normalized spacial score (nSPS) is 31.2. The first-order valence-electron chi connectivity index (χ1n) is 7.96. The number of nitrogens with two attached hydrogens (primary N) is 1. The van der Waals surface area contributed by atoms with Crippen LogP contribution in [0.15, 0.2) is 0 Å². The zero-order valence-corrected chi connectivity index (χ0v) is 12.4. The molecule has 2 N–H and O–H groups in total. The van der Waals surface area contributed by atoms with Gasteiger partial charge in [0, 0.05) is 25.6 Å². The molecule has 2 aliphatic rings. The maximum absolute atomic E-state index is 12.7. The van der Waals surface area contributed by atoms with Crippen molar-refractivity contribution in [1.29, 1.82) is 0 Å². The molecular formula is C15H25F3N2O. The lowest BCUT2D eigenvalue weighted by atomic mass is 9.83. The Kier molecular flexibility index (Phi) is 5.52.